The van der Waals surface area contributed by atoms with Crippen LogP contribution < -0.4 is 15.4 Å². The Balaban J connectivity index is 1.63. The number of nitrogens with zero attached hydrogens (tertiary/aromatic N) is 1. The van der Waals surface area contributed by atoms with Crippen LogP contribution in [0.4, 0.5) is 5.69 Å². The Labute approximate surface area is 225 Å². The number of likely N-dealkylation sites (tertiary alicyclic amines) is 1. The number of rotatable bonds is 12. The van der Waals surface area contributed by atoms with E-state index in [0.717, 1.165) is 19.3 Å². The number of hydrogen-bond donors (Lipinski definition) is 3. The van der Waals surface area contributed by atoms with Crippen molar-refractivity contribution < 1.29 is 29.0 Å². The van der Waals surface area contributed by atoms with Gasteiger partial charge in [-0.2, -0.15) is 0 Å². The molecular formula is C29H43N3O6. The molecule has 38 heavy (non-hydrogen) atoms. The lowest BCUT2D eigenvalue weighted by Crippen LogP contribution is -2.56. The van der Waals surface area contributed by atoms with Gasteiger partial charge in [0.05, 0.1) is 24.0 Å². The molecule has 3 fully saturated rings. The molecule has 3 unspecified atom stereocenters. The molecule has 9 heteroatoms. The van der Waals surface area contributed by atoms with E-state index >= 15 is 0 Å². The second-order valence-electron chi connectivity index (χ2n) is 11.5. The van der Waals surface area contributed by atoms with Crippen molar-refractivity contribution in [2.75, 3.05) is 25.1 Å². The smallest absolute Gasteiger partial charge is 0.246 e. The quantitative estimate of drug-likeness (QED) is 0.358. The number of aliphatic hydroxyl groups excluding tert-OH is 1. The van der Waals surface area contributed by atoms with Crippen LogP contribution in [-0.4, -0.2) is 70.8 Å². The molecule has 3 N–H and O–H groups in total. The molecule has 1 spiro atoms. The number of nitrogens with one attached hydrogen (secondary N) is 2. The van der Waals surface area contributed by atoms with E-state index in [0.29, 0.717) is 37.4 Å². The zero-order valence-electron chi connectivity index (χ0n) is 23.3. The lowest BCUT2D eigenvalue weighted by atomic mass is 9.62. The number of carbonyl (C=O) groups excluding carboxylic acids is 3. The molecule has 3 aliphatic rings. The highest BCUT2D eigenvalue weighted by Crippen LogP contribution is 2.65. The van der Waals surface area contributed by atoms with Gasteiger partial charge in [-0.05, 0) is 77.1 Å². The summed E-state index contributed by atoms with van der Waals surface area (Å²) < 4.78 is 12.2. The molecule has 0 radical (unpaired) electrons. The van der Waals surface area contributed by atoms with Crippen molar-refractivity contribution in [1.82, 2.24) is 10.2 Å². The van der Waals surface area contributed by atoms with E-state index in [1.54, 1.807) is 29.2 Å². The summed E-state index contributed by atoms with van der Waals surface area (Å²) >= 11 is 0. The highest BCUT2D eigenvalue weighted by molar-refractivity contribution is 6.02. The van der Waals surface area contributed by atoms with Crippen molar-refractivity contribution in [3.63, 3.8) is 0 Å². The van der Waals surface area contributed by atoms with Gasteiger partial charge in [0.2, 0.25) is 17.7 Å². The number of anilines is 1. The van der Waals surface area contributed by atoms with Crippen LogP contribution in [0.3, 0.4) is 0 Å². The molecule has 0 saturated carbocycles. The zero-order valence-corrected chi connectivity index (χ0v) is 23.3. The van der Waals surface area contributed by atoms with Crippen LogP contribution in [0.15, 0.2) is 24.3 Å². The number of amides is 3. The first kappa shape index (κ1) is 28.4. The third kappa shape index (κ3) is 4.91. The molecule has 1 aromatic carbocycles. The minimum Gasteiger partial charge on any atom is -0.494 e. The Kier molecular flexibility index (Phi) is 8.37. The SMILES string of the molecule is CCOc1ccc(NC(=O)[C@@H]2[C@H]3C(=O)N(CCCCCCO)C(C(=O)NC(C)C)C34CC(C)[C@@]2(C)O4)cc1. The van der Waals surface area contributed by atoms with E-state index in [2.05, 4.69) is 10.6 Å². The van der Waals surface area contributed by atoms with Crippen LogP contribution in [0.2, 0.25) is 0 Å². The fourth-order valence-electron chi connectivity index (χ4n) is 6.81. The van der Waals surface area contributed by atoms with Crippen LogP contribution in [0, 0.1) is 17.8 Å². The van der Waals surface area contributed by atoms with Gasteiger partial charge in [0.1, 0.15) is 17.4 Å². The van der Waals surface area contributed by atoms with Crippen LogP contribution in [0.5, 0.6) is 5.75 Å². The van der Waals surface area contributed by atoms with Crippen molar-refractivity contribution >= 4 is 23.4 Å². The first-order chi connectivity index (χ1) is 18.1. The van der Waals surface area contributed by atoms with Crippen LogP contribution in [-0.2, 0) is 19.1 Å². The summed E-state index contributed by atoms with van der Waals surface area (Å²) in [5.41, 5.74) is -1.29. The van der Waals surface area contributed by atoms with E-state index < -0.39 is 29.1 Å². The number of unbranched alkanes of at least 4 members (excludes halogenated alkanes) is 3. The second kappa shape index (κ2) is 11.2. The predicted octanol–water partition coefficient (Wildman–Crippen LogP) is 3.11. The van der Waals surface area contributed by atoms with Gasteiger partial charge in [0.15, 0.2) is 0 Å². The Morgan fingerprint density at radius 3 is 2.47 bits per heavy atom. The Morgan fingerprint density at radius 1 is 1.16 bits per heavy atom. The molecule has 6 atom stereocenters. The van der Waals surface area contributed by atoms with Gasteiger partial charge in [-0.15, -0.1) is 0 Å². The molecule has 3 amide bonds. The van der Waals surface area contributed by atoms with Gasteiger partial charge in [0.25, 0.3) is 0 Å². The van der Waals surface area contributed by atoms with Gasteiger partial charge in [-0.3, -0.25) is 14.4 Å². The summed E-state index contributed by atoms with van der Waals surface area (Å²) in [5, 5.41) is 15.1. The highest BCUT2D eigenvalue weighted by Gasteiger charge is 2.79. The Morgan fingerprint density at radius 2 is 1.84 bits per heavy atom. The number of carbonyl (C=O) groups is 3. The fourth-order valence-corrected chi connectivity index (χ4v) is 6.81. The molecule has 2 bridgehead atoms. The van der Waals surface area contributed by atoms with E-state index in [9.17, 15) is 14.4 Å². The highest BCUT2D eigenvalue weighted by atomic mass is 16.5. The third-order valence-corrected chi connectivity index (χ3v) is 8.52. The Bertz CT molecular complexity index is 1030. The molecule has 9 nitrogen and oxygen atoms in total. The lowest BCUT2D eigenvalue weighted by Gasteiger charge is -2.36. The molecule has 210 valence electrons. The summed E-state index contributed by atoms with van der Waals surface area (Å²) in [5.74, 6) is -1.43. The number of ether oxygens (including phenoxy) is 2. The molecule has 3 saturated heterocycles. The van der Waals surface area contributed by atoms with Crippen molar-refractivity contribution in [2.45, 2.75) is 90.0 Å². The van der Waals surface area contributed by atoms with Crippen molar-refractivity contribution in [3.8, 4) is 5.75 Å². The van der Waals surface area contributed by atoms with E-state index in [-0.39, 0.29) is 36.3 Å². The average Bonchev–Trinajstić information content (AvgIpc) is 3.36. The molecule has 3 heterocycles. The number of hydrogen-bond acceptors (Lipinski definition) is 6. The fraction of sp³-hybridized carbons (Fsp3) is 0.690. The summed E-state index contributed by atoms with van der Waals surface area (Å²) in [4.78, 5) is 43.1. The van der Waals surface area contributed by atoms with Crippen LogP contribution in [0.1, 0.15) is 66.7 Å². The molecular weight excluding hydrogens is 486 g/mol. The van der Waals surface area contributed by atoms with Gasteiger partial charge in [-0.1, -0.05) is 19.8 Å². The summed E-state index contributed by atoms with van der Waals surface area (Å²) in [6.45, 7) is 10.8. The van der Waals surface area contributed by atoms with E-state index in [1.807, 2.05) is 34.6 Å². The molecule has 3 aliphatic heterocycles. The maximum atomic E-state index is 14.1. The third-order valence-electron chi connectivity index (χ3n) is 8.52. The van der Waals surface area contributed by atoms with Crippen molar-refractivity contribution in [3.05, 3.63) is 24.3 Å². The summed E-state index contributed by atoms with van der Waals surface area (Å²) in [6, 6.07) is 6.29. The first-order valence-corrected chi connectivity index (χ1v) is 14.0. The number of benzene rings is 1. The predicted molar refractivity (Wildman–Crippen MR) is 144 cm³/mol. The maximum Gasteiger partial charge on any atom is 0.246 e. The normalized spacial score (nSPS) is 31.6. The van der Waals surface area contributed by atoms with Crippen LogP contribution >= 0.6 is 0 Å². The summed E-state index contributed by atoms with van der Waals surface area (Å²) in [7, 11) is 0. The second-order valence-corrected chi connectivity index (χ2v) is 11.5. The largest absolute Gasteiger partial charge is 0.494 e. The van der Waals surface area contributed by atoms with Gasteiger partial charge < -0.3 is 30.1 Å². The van der Waals surface area contributed by atoms with Gasteiger partial charge in [0, 0.05) is 24.9 Å². The van der Waals surface area contributed by atoms with Gasteiger partial charge >= 0.3 is 0 Å². The minimum atomic E-state index is -1.05. The standard InChI is InChI=1S/C29H43N3O6/c1-6-37-21-13-11-20(12-14-21)31-25(34)22-23-27(36)32(15-9-7-8-10-16-33)24(26(35)30-18(2)3)29(23)17-19(4)28(22,5)38-29/h11-14,18-19,22-24,33H,6-10,15-17H2,1-5H3,(H,30,35)(H,31,34)/t19?,22-,23-,24?,28+,29?/m0/s1. The Hall–Kier alpha value is -2.65. The number of fused-ring (bicyclic) bond motifs is 1. The molecule has 1 aromatic rings. The van der Waals surface area contributed by atoms with Gasteiger partial charge in [-0.25, -0.2) is 0 Å². The molecule has 4 rings (SSSR count). The number of aliphatic hydroxyl groups is 1. The van der Waals surface area contributed by atoms with Crippen molar-refractivity contribution in [2.24, 2.45) is 17.8 Å². The topological polar surface area (TPSA) is 117 Å². The minimum absolute atomic E-state index is 0.0125. The van der Waals surface area contributed by atoms with E-state index in [1.165, 1.54) is 0 Å². The molecule has 0 aliphatic carbocycles. The molecule has 0 aromatic heterocycles. The maximum absolute atomic E-state index is 14.1. The first-order valence-electron chi connectivity index (χ1n) is 14.0. The zero-order chi connectivity index (χ0) is 27.7. The lowest BCUT2D eigenvalue weighted by molar-refractivity contribution is -0.146. The average molecular weight is 530 g/mol. The monoisotopic (exact) mass is 529 g/mol. The summed E-state index contributed by atoms with van der Waals surface area (Å²) in [6.07, 6.45) is 3.68. The van der Waals surface area contributed by atoms with Crippen LogP contribution in [0.25, 0.3) is 0 Å². The van der Waals surface area contributed by atoms with E-state index in [4.69, 9.17) is 14.6 Å². The van der Waals surface area contributed by atoms with Crippen molar-refractivity contribution in [1.29, 1.82) is 0 Å².